The first-order valence-corrected chi connectivity index (χ1v) is 11.9. The maximum absolute atomic E-state index is 11.9. The van der Waals surface area contributed by atoms with E-state index in [1.165, 1.54) is 21.9 Å². The van der Waals surface area contributed by atoms with Crippen LogP contribution in [0, 0.1) is 0 Å². The zero-order valence-corrected chi connectivity index (χ0v) is 18.0. The van der Waals surface area contributed by atoms with Crippen molar-refractivity contribution in [1.29, 1.82) is 0 Å². The summed E-state index contributed by atoms with van der Waals surface area (Å²) in [6, 6.07) is 18.0. The van der Waals surface area contributed by atoms with E-state index in [0.717, 1.165) is 34.2 Å². The van der Waals surface area contributed by atoms with Crippen LogP contribution < -0.4 is 9.91 Å². The first-order chi connectivity index (χ1) is 14.7. The Morgan fingerprint density at radius 2 is 1.60 bits per heavy atom. The van der Waals surface area contributed by atoms with E-state index in [2.05, 4.69) is 17.1 Å². The lowest BCUT2D eigenvalue weighted by Crippen LogP contribution is -2.28. The number of benzene rings is 2. The first-order valence-electron chi connectivity index (χ1n) is 10.1. The number of carbonyl (C=O) groups excluding carboxylic acids is 2. The van der Waals surface area contributed by atoms with E-state index in [4.69, 9.17) is 5.10 Å². The molecule has 0 bridgehead atoms. The van der Waals surface area contributed by atoms with Crippen LogP contribution in [0.3, 0.4) is 0 Å². The summed E-state index contributed by atoms with van der Waals surface area (Å²) in [7, 11) is 0. The first kappa shape index (κ1) is 19.5. The summed E-state index contributed by atoms with van der Waals surface area (Å²) in [5.41, 5.74) is 4.25. The summed E-state index contributed by atoms with van der Waals surface area (Å²) in [5, 5.41) is 7.04. The van der Waals surface area contributed by atoms with Crippen LogP contribution in [0.15, 0.2) is 70.3 Å². The Labute approximate surface area is 184 Å². The van der Waals surface area contributed by atoms with Gasteiger partial charge in [-0.15, -0.1) is 0 Å². The molecule has 2 amide bonds. The Kier molecular flexibility index (Phi) is 5.39. The van der Waals surface area contributed by atoms with Crippen molar-refractivity contribution in [2.45, 2.75) is 37.9 Å². The highest BCUT2D eigenvalue weighted by Crippen LogP contribution is 2.44. The Morgan fingerprint density at radius 3 is 2.33 bits per heavy atom. The molecule has 1 aliphatic carbocycles. The second kappa shape index (κ2) is 8.32. The van der Waals surface area contributed by atoms with Crippen LogP contribution in [0.5, 0.6) is 0 Å². The van der Waals surface area contributed by atoms with Crippen LogP contribution in [0.4, 0.5) is 11.4 Å². The number of carbonyl (C=O) groups is 2. The highest BCUT2D eigenvalue weighted by molar-refractivity contribution is 8.40. The van der Waals surface area contributed by atoms with E-state index in [1.807, 2.05) is 42.5 Å². The van der Waals surface area contributed by atoms with Crippen molar-refractivity contribution in [3.63, 3.8) is 0 Å². The zero-order valence-electron chi connectivity index (χ0n) is 16.4. The van der Waals surface area contributed by atoms with Crippen molar-refractivity contribution in [2.75, 3.05) is 9.91 Å². The number of hydrogen-bond donors (Lipinski definition) is 0. The van der Waals surface area contributed by atoms with Gasteiger partial charge in [-0.1, -0.05) is 53.9 Å². The van der Waals surface area contributed by atoms with Crippen molar-refractivity contribution in [1.82, 2.24) is 0 Å². The van der Waals surface area contributed by atoms with Crippen molar-refractivity contribution in [3.05, 3.63) is 70.8 Å². The third-order valence-corrected chi connectivity index (χ3v) is 7.75. The number of hydrogen-bond acceptors (Lipinski definition) is 6. The van der Waals surface area contributed by atoms with Gasteiger partial charge < -0.3 is 0 Å². The van der Waals surface area contributed by atoms with E-state index in [-0.39, 0.29) is 11.8 Å². The predicted octanol–water partition coefficient (Wildman–Crippen LogP) is 5.49. The fourth-order valence-corrected chi connectivity index (χ4v) is 6.12. The molecule has 0 atom stereocenters. The van der Waals surface area contributed by atoms with Gasteiger partial charge in [0.2, 0.25) is 11.8 Å². The van der Waals surface area contributed by atoms with Gasteiger partial charge >= 0.3 is 0 Å². The number of imide groups is 1. The molecule has 2 aromatic carbocycles. The number of thioether (sulfide) groups is 2. The third kappa shape index (κ3) is 3.79. The van der Waals surface area contributed by atoms with Gasteiger partial charge in [-0.25, -0.2) is 5.01 Å². The molecule has 30 heavy (non-hydrogen) atoms. The second-order valence-corrected chi connectivity index (χ2v) is 9.72. The molecule has 5 nitrogen and oxygen atoms in total. The molecule has 5 rings (SSSR count). The number of rotatable bonds is 4. The van der Waals surface area contributed by atoms with Crippen LogP contribution >= 0.6 is 23.5 Å². The molecule has 2 aromatic rings. The van der Waals surface area contributed by atoms with Gasteiger partial charge in [-0.2, -0.15) is 5.10 Å². The van der Waals surface area contributed by atoms with Gasteiger partial charge in [0, 0.05) is 23.5 Å². The van der Waals surface area contributed by atoms with Crippen LogP contribution in [-0.2, 0) is 15.3 Å². The molecule has 0 radical (unpaired) electrons. The highest BCUT2D eigenvalue weighted by atomic mass is 32.2. The van der Waals surface area contributed by atoms with Crippen molar-refractivity contribution < 1.29 is 9.59 Å². The molecule has 1 saturated heterocycles. The van der Waals surface area contributed by atoms with Gasteiger partial charge in [0.05, 0.1) is 17.1 Å². The zero-order chi connectivity index (χ0) is 20.5. The Hall–Kier alpha value is -2.51. The smallest absolute Gasteiger partial charge is 0.234 e. The number of para-hydroxylation sites is 1. The van der Waals surface area contributed by atoms with Crippen LogP contribution in [-0.4, -0.2) is 16.2 Å². The number of anilines is 2. The van der Waals surface area contributed by atoms with E-state index in [1.54, 1.807) is 23.5 Å². The standard InChI is InChI=1S/C23H21N3O2S2/c27-21-13-14-22(28)25(21)17-11-9-16(10-12-17)15-29-23-24-26(18-5-2-1-3-6-18)19-7-4-8-20(19)30-23/h1-3,5-6,9-12H,4,7-8,13-15H2. The summed E-state index contributed by atoms with van der Waals surface area (Å²) in [4.78, 5) is 26.6. The Bertz CT molecular complexity index is 1030. The largest absolute Gasteiger partial charge is 0.274 e. The minimum atomic E-state index is -0.114. The molecule has 2 aliphatic heterocycles. The van der Waals surface area contributed by atoms with E-state index in [0.29, 0.717) is 18.5 Å². The molecule has 0 unspecified atom stereocenters. The highest BCUT2D eigenvalue weighted by Gasteiger charge is 2.30. The normalized spacial score (nSPS) is 18.9. The number of allylic oxidation sites excluding steroid dienone is 2. The summed E-state index contributed by atoms with van der Waals surface area (Å²) < 4.78 is 1.05. The number of hydrazone groups is 1. The average molecular weight is 436 g/mol. The van der Waals surface area contributed by atoms with Crippen LogP contribution in [0.25, 0.3) is 0 Å². The van der Waals surface area contributed by atoms with E-state index >= 15 is 0 Å². The monoisotopic (exact) mass is 435 g/mol. The lowest BCUT2D eigenvalue weighted by atomic mass is 10.2. The second-order valence-electron chi connectivity index (χ2n) is 7.42. The molecule has 0 N–H and O–H groups in total. The molecule has 2 heterocycles. The van der Waals surface area contributed by atoms with E-state index < -0.39 is 0 Å². The molecule has 3 aliphatic rings. The fourth-order valence-electron chi connectivity index (χ4n) is 3.89. The van der Waals surface area contributed by atoms with Gasteiger partial charge in [-0.3, -0.25) is 14.5 Å². The van der Waals surface area contributed by atoms with Gasteiger partial charge in [0.1, 0.15) is 0 Å². The van der Waals surface area contributed by atoms with Crippen molar-refractivity contribution in [2.24, 2.45) is 5.10 Å². The average Bonchev–Trinajstić information content (AvgIpc) is 3.39. The Morgan fingerprint density at radius 1 is 0.867 bits per heavy atom. The van der Waals surface area contributed by atoms with Gasteiger partial charge in [0.25, 0.3) is 0 Å². The Balaban J connectivity index is 1.29. The molecule has 152 valence electrons. The molecule has 0 aromatic heterocycles. The molecule has 1 fully saturated rings. The van der Waals surface area contributed by atoms with Crippen molar-refractivity contribution >= 4 is 51.1 Å². The van der Waals surface area contributed by atoms with E-state index in [9.17, 15) is 9.59 Å². The summed E-state index contributed by atoms with van der Waals surface area (Å²) in [5.74, 6) is 0.563. The molecular formula is C23H21N3O2S2. The molecule has 7 heteroatoms. The minimum Gasteiger partial charge on any atom is -0.274 e. The lowest BCUT2D eigenvalue weighted by molar-refractivity contribution is -0.121. The molecule has 0 saturated carbocycles. The quantitative estimate of drug-likeness (QED) is 0.594. The minimum absolute atomic E-state index is 0.114. The summed E-state index contributed by atoms with van der Waals surface area (Å²) in [6.07, 6.45) is 4.00. The number of amides is 2. The lowest BCUT2D eigenvalue weighted by Gasteiger charge is -2.27. The van der Waals surface area contributed by atoms with Gasteiger partial charge in [-0.05, 0) is 49.1 Å². The topological polar surface area (TPSA) is 53.0 Å². The SMILES string of the molecule is O=C1CCC(=O)N1c1ccc(CSC2=NN(c3ccccc3)C3=C(CCC3)S2)cc1. The fraction of sp³-hybridized carbons (Fsp3) is 0.261. The molecule has 0 spiro atoms. The molecular weight excluding hydrogens is 414 g/mol. The predicted molar refractivity (Wildman–Crippen MR) is 124 cm³/mol. The van der Waals surface area contributed by atoms with Crippen LogP contribution in [0.2, 0.25) is 0 Å². The third-order valence-electron chi connectivity index (χ3n) is 5.40. The van der Waals surface area contributed by atoms with Crippen LogP contribution in [0.1, 0.15) is 37.7 Å². The van der Waals surface area contributed by atoms with Gasteiger partial charge in [0.15, 0.2) is 4.38 Å². The van der Waals surface area contributed by atoms with Crippen molar-refractivity contribution in [3.8, 4) is 0 Å². The summed E-state index contributed by atoms with van der Waals surface area (Å²) in [6.45, 7) is 0. The maximum atomic E-state index is 11.9. The summed E-state index contributed by atoms with van der Waals surface area (Å²) >= 11 is 3.52. The maximum Gasteiger partial charge on any atom is 0.234 e. The number of nitrogens with zero attached hydrogens (tertiary/aromatic N) is 3.